The molecule has 0 atom stereocenters. The quantitative estimate of drug-likeness (QED) is 0.202. The third-order valence-electron chi connectivity index (χ3n) is 6.37. The summed E-state index contributed by atoms with van der Waals surface area (Å²) in [5, 5.41) is 0. The molecule has 0 aromatic carbocycles. The third-order valence-corrected chi connectivity index (χ3v) is 7.08. The molecule has 4 N–H and O–H groups in total. The Bertz CT molecular complexity index is 1330. The normalized spacial score (nSPS) is 17.8. The highest BCUT2D eigenvalue weighted by Crippen LogP contribution is 2.43. The van der Waals surface area contributed by atoms with E-state index in [1.807, 2.05) is 9.13 Å². The summed E-state index contributed by atoms with van der Waals surface area (Å²) in [6, 6.07) is 0. The summed E-state index contributed by atoms with van der Waals surface area (Å²) in [7, 11) is -2.79. The van der Waals surface area contributed by atoms with Crippen LogP contribution in [0.4, 0.5) is 11.9 Å². The highest BCUT2D eigenvalue weighted by Gasteiger charge is 2.46. The lowest BCUT2D eigenvalue weighted by Crippen LogP contribution is -2.23. The molecule has 0 unspecified atom stereocenters. The van der Waals surface area contributed by atoms with Gasteiger partial charge in [0.15, 0.2) is 24.9 Å². The Kier molecular flexibility index (Phi) is 5.80. The van der Waals surface area contributed by atoms with Crippen molar-refractivity contribution in [2.45, 2.75) is 50.0 Å². The molecule has 0 spiro atoms. The minimum absolute atomic E-state index is 0.158. The van der Waals surface area contributed by atoms with Crippen LogP contribution in [0.5, 0.6) is 0 Å². The number of rotatable bonds is 12. The van der Waals surface area contributed by atoms with E-state index in [0.717, 1.165) is 25.7 Å². The average molecular weight is 516 g/mol. The number of ether oxygens (including phenoxy) is 2. The number of aromatic nitrogens is 8. The summed E-state index contributed by atoms with van der Waals surface area (Å²) in [5.74, 6) is 0.364. The Balaban J connectivity index is 0.951. The van der Waals surface area contributed by atoms with Crippen LogP contribution in [0.15, 0.2) is 25.0 Å². The van der Waals surface area contributed by atoms with Crippen LogP contribution in [0.2, 0.25) is 0 Å². The van der Waals surface area contributed by atoms with Gasteiger partial charge < -0.3 is 30.1 Å². The number of anilines is 2. The molecule has 2 aliphatic carbocycles. The number of hydrogen-bond donors (Lipinski definition) is 2. The van der Waals surface area contributed by atoms with Crippen molar-refractivity contribution in [3.63, 3.8) is 0 Å². The van der Waals surface area contributed by atoms with Gasteiger partial charge in [0.1, 0.15) is 11.0 Å². The molecule has 36 heavy (non-hydrogen) atoms. The first-order chi connectivity index (χ1) is 17.4. The number of nitrogens with zero attached hydrogens (tertiary/aromatic N) is 8. The van der Waals surface area contributed by atoms with Crippen molar-refractivity contribution < 1.29 is 23.1 Å². The van der Waals surface area contributed by atoms with Crippen molar-refractivity contribution in [2.75, 3.05) is 25.1 Å². The summed E-state index contributed by atoms with van der Waals surface area (Å²) in [5.41, 5.74) is 13.1. The van der Waals surface area contributed by atoms with Crippen molar-refractivity contribution in [3.05, 3.63) is 25.0 Å². The number of nitrogens with two attached hydrogens (primary N) is 2. The van der Waals surface area contributed by atoms with Gasteiger partial charge >= 0.3 is 8.25 Å². The van der Waals surface area contributed by atoms with Crippen LogP contribution in [0.25, 0.3) is 22.3 Å². The van der Waals surface area contributed by atoms with Crippen LogP contribution < -0.4 is 11.5 Å². The predicted molar refractivity (Wildman–Crippen MR) is 126 cm³/mol. The van der Waals surface area contributed by atoms with Gasteiger partial charge in [-0.05, 0) is 25.7 Å². The van der Waals surface area contributed by atoms with E-state index in [1.54, 1.807) is 25.0 Å². The summed E-state index contributed by atoms with van der Waals surface area (Å²) in [6.45, 7) is 0.732. The third kappa shape index (κ3) is 4.88. The molecular weight excluding hydrogens is 491 g/mol. The second kappa shape index (κ2) is 9.01. The maximum atomic E-state index is 12.2. The molecular formula is C20H25N10O5P. The summed E-state index contributed by atoms with van der Waals surface area (Å²) in [4.78, 5) is 24.9. The van der Waals surface area contributed by atoms with E-state index in [1.165, 1.54) is 0 Å². The number of nitrogen functional groups attached to an aromatic ring is 2. The molecule has 0 bridgehead atoms. The minimum atomic E-state index is -2.79. The average Bonchev–Trinajstić information content (AvgIpc) is 3.72. The number of imidazole rings is 2. The zero-order valence-electron chi connectivity index (χ0n) is 19.2. The van der Waals surface area contributed by atoms with E-state index in [-0.39, 0.29) is 25.5 Å². The fraction of sp³-hybridized carbons (Fsp3) is 0.500. The van der Waals surface area contributed by atoms with Gasteiger partial charge in [0.2, 0.25) is 11.9 Å². The van der Waals surface area contributed by atoms with Crippen molar-refractivity contribution in [1.29, 1.82) is 0 Å². The lowest BCUT2D eigenvalue weighted by molar-refractivity contribution is -0.0808. The van der Waals surface area contributed by atoms with Gasteiger partial charge in [-0.15, -0.1) is 0 Å². The van der Waals surface area contributed by atoms with E-state index >= 15 is 0 Å². The fourth-order valence-electron chi connectivity index (χ4n) is 4.01. The van der Waals surface area contributed by atoms with Gasteiger partial charge in [0.05, 0.1) is 49.3 Å². The lowest BCUT2D eigenvalue weighted by Gasteiger charge is -2.18. The first-order valence-electron chi connectivity index (χ1n) is 11.4. The van der Waals surface area contributed by atoms with E-state index in [4.69, 9.17) is 30.0 Å². The standard InChI is InChI=1S/C20H25N10O5P/c21-17-23-5-13-15(27-17)29(9-25-13)7-19(1-2-19)32-11-34-36(31)35-12-33-20(3-4-20)8-30-10-26-14-6-24-18(22)28-16(14)30/h5-6,9-10,36H,1-4,7-8,11-12H2,(H2,21,23,27)(H2,22,24,28). The van der Waals surface area contributed by atoms with Crippen LogP contribution >= 0.6 is 8.25 Å². The zero-order chi connectivity index (χ0) is 24.8. The van der Waals surface area contributed by atoms with E-state index in [9.17, 15) is 4.57 Å². The highest BCUT2D eigenvalue weighted by molar-refractivity contribution is 7.33. The fourth-order valence-corrected chi connectivity index (χ4v) is 4.41. The van der Waals surface area contributed by atoms with Crippen molar-refractivity contribution in [2.24, 2.45) is 0 Å². The van der Waals surface area contributed by atoms with E-state index < -0.39 is 19.5 Å². The van der Waals surface area contributed by atoms with Crippen LogP contribution in [0, 0.1) is 0 Å². The van der Waals surface area contributed by atoms with Gasteiger partial charge in [-0.2, -0.15) is 9.97 Å². The Morgan fingerprint density at radius 1 is 0.778 bits per heavy atom. The van der Waals surface area contributed by atoms with Gasteiger partial charge in [0.25, 0.3) is 0 Å². The largest absolute Gasteiger partial charge is 0.368 e. The van der Waals surface area contributed by atoms with Crippen LogP contribution in [0.3, 0.4) is 0 Å². The highest BCUT2D eigenvalue weighted by atomic mass is 31.1. The summed E-state index contributed by atoms with van der Waals surface area (Å²) in [6.07, 6.45) is 9.86. The zero-order valence-corrected chi connectivity index (χ0v) is 20.2. The molecule has 0 aliphatic heterocycles. The summed E-state index contributed by atoms with van der Waals surface area (Å²) < 4.78 is 38.2. The minimum Gasteiger partial charge on any atom is -0.368 e. The van der Waals surface area contributed by atoms with E-state index in [0.29, 0.717) is 35.4 Å². The predicted octanol–water partition coefficient (Wildman–Crippen LogP) is 1.27. The second-order valence-electron chi connectivity index (χ2n) is 9.05. The van der Waals surface area contributed by atoms with E-state index in [2.05, 4.69) is 29.9 Å². The molecule has 2 saturated carbocycles. The number of hydrogen-bond acceptors (Lipinski definition) is 13. The maximum Gasteiger partial charge on any atom is 0.323 e. The molecule has 15 nitrogen and oxygen atoms in total. The summed E-state index contributed by atoms with van der Waals surface area (Å²) >= 11 is 0. The smallest absolute Gasteiger partial charge is 0.323 e. The molecule has 6 rings (SSSR count). The van der Waals surface area contributed by atoms with Crippen LogP contribution in [0.1, 0.15) is 25.7 Å². The second-order valence-corrected chi connectivity index (χ2v) is 10.1. The van der Waals surface area contributed by atoms with Crippen molar-refractivity contribution in [1.82, 2.24) is 39.0 Å². The topological polar surface area (TPSA) is 193 Å². The maximum absolute atomic E-state index is 12.2. The first kappa shape index (κ1) is 23.2. The van der Waals surface area contributed by atoms with Gasteiger partial charge in [0, 0.05) is 0 Å². The number of fused-ring (bicyclic) bond motifs is 2. The SMILES string of the molecule is Nc1ncc2ncn(CC3(OCO[PH](=O)OCOC4(Cn5cnc6cnc(N)nc65)CC4)CC3)c2n1. The van der Waals surface area contributed by atoms with Crippen molar-refractivity contribution >= 4 is 42.5 Å². The van der Waals surface area contributed by atoms with Crippen LogP contribution in [-0.4, -0.2) is 63.8 Å². The first-order valence-corrected chi connectivity index (χ1v) is 12.6. The Morgan fingerprint density at radius 3 is 1.64 bits per heavy atom. The molecule has 16 heteroatoms. The molecule has 0 saturated heterocycles. The molecule has 2 aliphatic rings. The Labute approximate surface area is 205 Å². The van der Waals surface area contributed by atoms with Gasteiger partial charge in [-0.25, -0.2) is 19.9 Å². The molecule has 4 aromatic heterocycles. The van der Waals surface area contributed by atoms with Crippen molar-refractivity contribution in [3.8, 4) is 0 Å². The lowest BCUT2D eigenvalue weighted by atomic mass is 10.3. The Morgan fingerprint density at radius 2 is 1.22 bits per heavy atom. The van der Waals surface area contributed by atoms with Gasteiger partial charge in [-0.1, -0.05) is 0 Å². The monoisotopic (exact) mass is 516 g/mol. The van der Waals surface area contributed by atoms with Gasteiger partial charge in [-0.3, -0.25) is 13.6 Å². The molecule has 0 radical (unpaired) electrons. The molecule has 2 fully saturated rings. The molecule has 4 aromatic rings. The van der Waals surface area contributed by atoms with Crippen LogP contribution in [-0.2, 0) is 36.2 Å². The molecule has 190 valence electrons. The molecule has 4 heterocycles. The molecule has 0 amide bonds. The Hall–Kier alpha value is -3.23.